The third-order valence-electron chi connectivity index (χ3n) is 1.70. The summed E-state index contributed by atoms with van der Waals surface area (Å²) in [6.45, 7) is 2.90. The predicted molar refractivity (Wildman–Crippen MR) is 38.7 cm³/mol. The quantitative estimate of drug-likeness (QED) is 0.556. The van der Waals surface area contributed by atoms with Gasteiger partial charge in [-0.3, -0.25) is 0 Å². The zero-order valence-corrected chi connectivity index (χ0v) is 6.21. The number of nitrogens with two attached hydrogens (primary N) is 1. The van der Waals surface area contributed by atoms with Crippen molar-refractivity contribution < 1.29 is 4.79 Å². The zero-order chi connectivity index (χ0) is 7.56. The molecule has 58 valence electrons. The summed E-state index contributed by atoms with van der Waals surface area (Å²) in [5.74, 6) is 0. The molecule has 1 aliphatic heterocycles. The van der Waals surface area contributed by atoms with Crippen molar-refractivity contribution in [2.75, 3.05) is 33.2 Å². The van der Waals surface area contributed by atoms with Crippen molar-refractivity contribution in [1.82, 2.24) is 9.80 Å². The molecule has 0 aromatic carbocycles. The van der Waals surface area contributed by atoms with Gasteiger partial charge in [-0.1, -0.05) is 0 Å². The Hall–Kier alpha value is -0.770. The molecule has 0 saturated carbocycles. The maximum atomic E-state index is 11.1. The normalized spacial score (nSPS) is 18.8. The second kappa shape index (κ2) is 2.88. The molecule has 0 unspecified atom stereocenters. The minimum absolute atomic E-state index is 0.102. The summed E-state index contributed by atoms with van der Waals surface area (Å²) in [5, 5.41) is 0. The highest BCUT2D eigenvalue weighted by Gasteiger charge is 2.23. The first-order chi connectivity index (χ1) is 4.75. The molecule has 0 aliphatic carbocycles. The Labute approximate surface area is 60.6 Å². The molecule has 4 heteroatoms. The van der Waals surface area contributed by atoms with Gasteiger partial charge in [-0.2, -0.15) is 0 Å². The Morgan fingerprint density at radius 2 is 2.30 bits per heavy atom. The van der Waals surface area contributed by atoms with Crippen molar-refractivity contribution in [3.8, 4) is 0 Å². The van der Waals surface area contributed by atoms with Crippen LogP contribution in [-0.2, 0) is 0 Å². The lowest BCUT2D eigenvalue weighted by Crippen LogP contribution is -2.33. The van der Waals surface area contributed by atoms with E-state index in [9.17, 15) is 4.79 Å². The Morgan fingerprint density at radius 3 is 2.70 bits per heavy atom. The Balaban J connectivity index is 2.41. The summed E-state index contributed by atoms with van der Waals surface area (Å²) in [6.07, 6.45) is 0. The van der Waals surface area contributed by atoms with Gasteiger partial charge in [0.1, 0.15) is 0 Å². The molecule has 1 aliphatic rings. The van der Waals surface area contributed by atoms with Gasteiger partial charge in [0.15, 0.2) is 0 Å². The van der Waals surface area contributed by atoms with Crippen molar-refractivity contribution in [3.63, 3.8) is 0 Å². The lowest BCUT2D eigenvalue weighted by Gasteiger charge is -2.13. The second-order valence-electron chi connectivity index (χ2n) is 2.48. The van der Waals surface area contributed by atoms with Crippen molar-refractivity contribution in [2.45, 2.75) is 0 Å². The molecular formula is C6H13N3O. The molecule has 2 amide bonds. The molecule has 0 bridgehead atoms. The number of carbonyl (C=O) groups is 1. The standard InChI is InChI=1S/C6H13N3O/c1-8-4-5-9(3-2-7)6(8)10/h2-5,7H2,1H3. The number of amides is 2. The fourth-order valence-electron chi connectivity index (χ4n) is 1.07. The molecule has 0 radical (unpaired) electrons. The molecule has 1 heterocycles. The van der Waals surface area contributed by atoms with E-state index in [1.807, 2.05) is 0 Å². The minimum Gasteiger partial charge on any atom is -0.329 e. The van der Waals surface area contributed by atoms with Gasteiger partial charge >= 0.3 is 6.03 Å². The highest BCUT2D eigenvalue weighted by molar-refractivity contribution is 5.76. The second-order valence-corrected chi connectivity index (χ2v) is 2.48. The third kappa shape index (κ3) is 1.21. The lowest BCUT2D eigenvalue weighted by atomic mass is 10.5. The predicted octanol–water partition coefficient (Wildman–Crippen LogP) is -0.687. The first kappa shape index (κ1) is 7.34. The topological polar surface area (TPSA) is 49.6 Å². The molecule has 2 N–H and O–H groups in total. The summed E-state index contributed by atoms with van der Waals surface area (Å²) in [7, 11) is 1.80. The maximum Gasteiger partial charge on any atom is 0.319 e. The van der Waals surface area contributed by atoms with E-state index in [1.165, 1.54) is 0 Å². The Kier molecular flexibility index (Phi) is 2.11. The van der Waals surface area contributed by atoms with E-state index >= 15 is 0 Å². The number of nitrogens with zero attached hydrogens (tertiary/aromatic N) is 2. The van der Waals surface area contributed by atoms with Crippen LogP contribution in [0.5, 0.6) is 0 Å². The molecule has 1 fully saturated rings. The summed E-state index contributed by atoms with van der Waals surface area (Å²) in [5.41, 5.74) is 5.30. The van der Waals surface area contributed by atoms with Crippen LogP contribution in [0.2, 0.25) is 0 Å². The highest BCUT2D eigenvalue weighted by Crippen LogP contribution is 2.03. The number of carbonyl (C=O) groups excluding carboxylic acids is 1. The van der Waals surface area contributed by atoms with E-state index in [1.54, 1.807) is 16.8 Å². The molecule has 1 saturated heterocycles. The van der Waals surface area contributed by atoms with E-state index in [2.05, 4.69) is 0 Å². The van der Waals surface area contributed by atoms with E-state index < -0.39 is 0 Å². The van der Waals surface area contributed by atoms with Gasteiger partial charge < -0.3 is 15.5 Å². The minimum atomic E-state index is 0.102. The molecule has 0 spiro atoms. The Bertz CT molecular complexity index is 135. The smallest absolute Gasteiger partial charge is 0.319 e. The van der Waals surface area contributed by atoms with Crippen LogP contribution >= 0.6 is 0 Å². The summed E-state index contributed by atoms with van der Waals surface area (Å²) < 4.78 is 0. The third-order valence-corrected chi connectivity index (χ3v) is 1.70. The van der Waals surface area contributed by atoms with Gasteiger partial charge in [0.25, 0.3) is 0 Å². The van der Waals surface area contributed by atoms with E-state index in [4.69, 9.17) is 5.73 Å². The SMILES string of the molecule is CN1CCN(CCN)C1=O. The van der Waals surface area contributed by atoms with Crippen LogP contribution in [0.1, 0.15) is 0 Å². The van der Waals surface area contributed by atoms with E-state index in [-0.39, 0.29) is 6.03 Å². The number of hydrogen-bond donors (Lipinski definition) is 1. The summed E-state index contributed by atoms with van der Waals surface area (Å²) in [6, 6.07) is 0.102. The van der Waals surface area contributed by atoms with Crippen LogP contribution < -0.4 is 5.73 Å². The summed E-state index contributed by atoms with van der Waals surface area (Å²) in [4.78, 5) is 14.6. The van der Waals surface area contributed by atoms with Crippen LogP contribution in [0, 0.1) is 0 Å². The lowest BCUT2D eigenvalue weighted by molar-refractivity contribution is 0.199. The van der Waals surface area contributed by atoms with E-state index in [0.29, 0.717) is 13.1 Å². The number of urea groups is 1. The van der Waals surface area contributed by atoms with Crippen molar-refractivity contribution in [1.29, 1.82) is 0 Å². The average Bonchev–Trinajstić information content (AvgIpc) is 2.20. The Morgan fingerprint density at radius 1 is 1.60 bits per heavy atom. The van der Waals surface area contributed by atoms with Gasteiger partial charge in [-0.05, 0) is 0 Å². The van der Waals surface area contributed by atoms with Crippen LogP contribution in [0.3, 0.4) is 0 Å². The number of rotatable bonds is 2. The van der Waals surface area contributed by atoms with Gasteiger partial charge in [-0.25, -0.2) is 4.79 Å². The van der Waals surface area contributed by atoms with Crippen molar-refractivity contribution in [2.24, 2.45) is 5.73 Å². The van der Waals surface area contributed by atoms with Crippen LogP contribution in [0.25, 0.3) is 0 Å². The monoisotopic (exact) mass is 143 g/mol. The number of likely N-dealkylation sites (N-methyl/N-ethyl adjacent to an activating group) is 1. The zero-order valence-electron chi connectivity index (χ0n) is 6.21. The maximum absolute atomic E-state index is 11.1. The molecule has 10 heavy (non-hydrogen) atoms. The van der Waals surface area contributed by atoms with Crippen LogP contribution in [0.15, 0.2) is 0 Å². The average molecular weight is 143 g/mol. The van der Waals surface area contributed by atoms with Crippen LogP contribution in [0.4, 0.5) is 4.79 Å². The first-order valence-electron chi connectivity index (χ1n) is 3.46. The van der Waals surface area contributed by atoms with Gasteiger partial charge in [0.05, 0.1) is 0 Å². The highest BCUT2D eigenvalue weighted by atomic mass is 16.2. The molecule has 0 atom stereocenters. The first-order valence-corrected chi connectivity index (χ1v) is 3.46. The molecule has 0 aromatic heterocycles. The summed E-state index contributed by atoms with van der Waals surface area (Å²) >= 11 is 0. The van der Waals surface area contributed by atoms with Crippen LogP contribution in [-0.4, -0.2) is 49.1 Å². The fraction of sp³-hybridized carbons (Fsp3) is 0.833. The molecule has 0 aromatic rings. The number of hydrogen-bond acceptors (Lipinski definition) is 2. The van der Waals surface area contributed by atoms with Gasteiger partial charge in [-0.15, -0.1) is 0 Å². The van der Waals surface area contributed by atoms with Gasteiger partial charge in [0.2, 0.25) is 0 Å². The van der Waals surface area contributed by atoms with E-state index in [0.717, 1.165) is 13.1 Å². The largest absolute Gasteiger partial charge is 0.329 e. The van der Waals surface area contributed by atoms with Gasteiger partial charge in [0, 0.05) is 33.2 Å². The molecule has 4 nitrogen and oxygen atoms in total. The molecular weight excluding hydrogens is 130 g/mol. The van der Waals surface area contributed by atoms with Crippen molar-refractivity contribution >= 4 is 6.03 Å². The fourth-order valence-corrected chi connectivity index (χ4v) is 1.07. The van der Waals surface area contributed by atoms with Crippen molar-refractivity contribution in [3.05, 3.63) is 0 Å². The molecule has 1 rings (SSSR count).